The van der Waals surface area contributed by atoms with Gasteiger partial charge in [0.2, 0.25) is 0 Å². The number of carbonyl (C=O) groups excluding carboxylic acids is 1. The minimum absolute atomic E-state index is 0.120. The second-order valence-corrected chi connectivity index (χ2v) is 6.07. The lowest BCUT2D eigenvalue weighted by Crippen LogP contribution is -2.12. The number of hydrogen-bond acceptors (Lipinski definition) is 4. The summed E-state index contributed by atoms with van der Waals surface area (Å²) in [6, 6.07) is 0. The van der Waals surface area contributed by atoms with Crippen LogP contribution in [0.1, 0.15) is 35.9 Å². The molecule has 0 aromatic carbocycles. The predicted molar refractivity (Wildman–Crippen MR) is 81.6 cm³/mol. The quantitative estimate of drug-likeness (QED) is 0.823. The Hall–Kier alpha value is -1.20. The first-order valence-corrected chi connectivity index (χ1v) is 7.97. The minimum atomic E-state index is 0.120. The molecule has 0 radical (unpaired) electrons. The number of rotatable bonds is 6. The number of thiazole rings is 1. The number of carbonyl (C=O) groups is 1. The maximum atomic E-state index is 12.2. The van der Waals surface area contributed by atoms with Gasteiger partial charge in [-0.15, -0.1) is 11.3 Å². The van der Waals surface area contributed by atoms with Crippen molar-refractivity contribution in [1.29, 1.82) is 0 Å². The van der Waals surface area contributed by atoms with E-state index in [9.17, 15) is 4.79 Å². The van der Waals surface area contributed by atoms with Crippen LogP contribution in [0.2, 0.25) is 5.02 Å². The topological polar surface area (TPSA) is 47.8 Å². The van der Waals surface area contributed by atoms with Crippen molar-refractivity contribution in [1.82, 2.24) is 14.8 Å². The Morgan fingerprint density at radius 3 is 2.70 bits per heavy atom. The third-order valence-electron chi connectivity index (χ3n) is 3.10. The maximum absolute atomic E-state index is 12.2. The van der Waals surface area contributed by atoms with Gasteiger partial charge in [-0.3, -0.25) is 9.48 Å². The first-order valence-electron chi connectivity index (χ1n) is 6.71. The highest BCUT2D eigenvalue weighted by Crippen LogP contribution is 2.22. The number of halogens is 1. The number of nitrogens with zero attached hydrogens (tertiary/aromatic N) is 3. The molecular weight excluding hydrogens is 294 g/mol. The largest absolute Gasteiger partial charge is 0.299 e. The summed E-state index contributed by atoms with van der Waals surface area (Å²) >= 11 is 7.87. The van der Waals surface area contributed by atoms with Gasteiger partial charge >= 0.3 is 0 Å². The lowest BCUT2D eigenvalue weighted by Gasteiger charge is -2.04. The van der Waals surface area contributed by atoms with Gasteiger partial charge in [-0.05, 0) is 20.3 Å². The van der Waals surface area contributed by atoms with E-state index in [-0.39, 0.29) is 5.78 Å². The molecule has 4 nitrogen and oxygen atoms in total. The normalized spacial score (nSPS) is 11.0. The average molecular weight is 312 g/mol. The van der Waals surface area contributed by atoms with Crippen molar-refractivity contribution in [3.63, 3.8) is 0 Å². The molecule has 2 aromatic rings. The summed E-state index contributed by atoms with van der Waals surface area (Å²) in [4.78, 5) is 16.5. The molecule has 108 valence electrons. The Kier molecular flexibility index (Phi) is 4.94. The molecular formula is C14H18ClN3OS. The van der Waals surface area contributed by atoms with E-state index < -0.39 is 0 Å². The third kappa shape index (κ3) is 3.27. The van der Waals surface area contributed by atoms with Crippen LogP contribution in [0.15, 0.2) is 5.38 Å². The molecule has 0 aliphatic carbocycles. The van der Waals surface area contributed by atoms with Gasteiger partial charge in [0.1, 0.15) is 5.78 Å². The van der Waals surface area contributed by atoms with E-state index in [2.05, 4.69) is 10.1 Å². The highest BCUT2D eigenvalue weighted by Gasteiger charge is 2.17. The molecule has 0 bridgehead atoms. The molecule has 0 unspecified atom stereocenters. The van der Waals surface area contributed by atoms with Gasteiger partial charge in [-0.25, -0.2) is 4.98 Å². The summed E-state index contributed by atoms with van der Waals surface area (Å²) in [7, 11) is 0. The van der Waals surface area contributed by atoms with Crippen LogP contribution in [0, 0.1) is 6.92 Å². The fraction of sp³-hybridized carbons (Fsp3) is 0.500. The smallest absolute Gasteiger partial charge is 0.144 e. The van der Waals surface area contributed by atoms with Crippen molar-refractivity contribution in [2.45, 2.75) is 46.6 Å². The van der Waals surface area contributed by atoms with Gasteiger partial charge < -0.3 is 0 Å². The van der Waals surface area contributed by atoms with Gasteiger partial charge in [0.05, 0.1) is 33.5 Å². The summed E-state index contributed by atoms with van der Waals surface area (Å²) in [6.45, 7) is 6.67. The van der Waals surface area contributed by atoms with Crippen LogP contribution in [0.4, 0.5) is 0 Å². The number of aryl methyl sites for hydroxylation is 3. The Balaban J connectivity index is 2.13. The molecule has 0 saturated heterocycles. The zero-order valence-corrected chi connectivity index (χ0v) is 13.5. The monoisotopic (exact) mass is 311 g/mol. The molecule has 20 heavy (non-hydrogen) atoms. The van der Waals surface area contributed by atoms with Gasteiger partial charge in [0.15, 0.2) is 0 Å². The Morgan fingerprint density at radius 2 is 2.15 bits per heavy atom. The minimum Gasteiger partial charge on any atom is -0.299 e. The molecule has 0 spiro atoms. The highest BCUT2D eigenvalue weighted by molar-refractivity contribution is 7.09. The molecule has 0 aliphatic heterocycles. The van der Waals surface area contributed by atoms with Crippen molar-refractivity contribution >= 4 is 28.7 Å². The molecule has 0 aliphatic rings. The first kappa shape index (κ1) is 15.2. The zero-order valence-electron chi connectivity index (χ0n) is 11.9. The molecule has 0 fully saturated rings. The molecule has 0 amide bonds. The molecule has 6 heteroatoms. The van der Waals surface area contributed by atoms with E-state index in [0.717, 1.165) is 35.1 Å². The predicted octanol–water partition coefficient (Wildman–Crippen LogP) is 3.24. The Bertz CT molecular complexity index is 618. The number of aromatic nitrogens is 3. The van der Waals surface area contributed by atoms with Gasteiger partial charge in [0, 0.05) is 18.3 Å². The van der Waals surface area contributed by atoms with Gasteiger partial charge in [-0.2, -0.15) is 5.10 Å². The zero-order chi connectivity index (χ0) is 14.7. The summed E-state index contributed by atoms with van der Waals surface area (Å²) in [6.07, 6.45) is 1.45. The van der Waals surface area contributed by atoms with Crippen molar-refractivity contribution in [3.05, 3.63) is 32.5 Å². The van der Waals surface area contributed by atoms with Crippen molar-refractivity contribution in [2.75, 3.05) is 0 Å². The lowest BCUT2D eigenvalue weighted by molar-refractivity contribution is -0.117. The van der Waals surface area contributed by atoms with Crippen molar-refractivity contribution < 1.29 is 4.79 Å². The standard InChI is InChI=1S/C14H18ClN3OS/c1-4-12-14(15)13(18(5-2)17-12)7-11(19)6-10-8-20-9(3)16-10/h8H,4-7H2,1-3H3. The van der Waals surface area contributed by atoms with Crippen molar-refractivity contribution in [2.24, 2.45) is 0 Å². The molecule has 2 aromatic heterocycles. The molecule has 0 saturated carbocycles. The number of hydrogen-bond donors (Lipinski definition) is 0. The maximum Gasteiger partial charge on any atom is 0.144 e. The summed E-state index contributed by atoms with van der Waals surface area (Å²) in [5.74, 6) is 0.120. The summed E-state index contributed by atoms with van der Waals surface area (Å²) in [5.41, 5.74) is 2.52. The lowest BCUT2D eigenvalue weighted by atomic mass is 10.1. The van der Waals surface area contributed by atoms with Crippen LogP contribution in [0.3, 0.4) is 0 Å². The van der Waals surface area contributed by atoms with Crippen LogP contribution in [0.25, 0.3) is 0 Å². The molecule has 2 rings (SSSR count). The van der Waals surface area contributed by atoms with Crippen LogP contribution < -0.4 is 0 Å². The molecule has 0 N–H and O–H groups in total. The van der Waals surface area contributed by atoms with E-state index in [1.54, 1.807) is 11.3 Å². The third-order valence-corrected chi connectivity index (χ3v) is 4.36. The average Bonchev–Trinajstić information content (AvgIpc) is 2.95. The van der Waals surface area contributed by atoms with Crippen LogP contribution in [0.5, 0.6) is 0 Å². The Labute approximate surface area is 127 Å². The molecule has 0 atom stereocenters. The second kappa shape index (κ2) is 6.50. The second-order valence-electron chi connectivity index (χ2n) is 4.63. The van der Waals surface area contributed by atoms with E-state index in [1.165, 1.54) is 0 Å². The Morgan fingerprint density at radius 1 is 1.40 bits per heavy atom. The summed E-state index contributed by atoms with van der Waals surface area (Å²) < 4.78 is 1.82. The number of ketones is 1. The SMILES string of the molecule is CCc1nn(CC)c(CC(=O)Cc2csc(C)n2)c1Cl. The van der Waals surface area contributed by atoms with Crippen LogP contribution in [-0.4, -0.2) is 20.5 Å². The van der Waals surface area contributed by atoms with E-state index in [1.807, 2.05) is 30.8 Å². The van der Waals surface area contributed by atoms with E-state index in [4.69, 9.17) is 11.6 Å². The molecule has 2 heterocycles. The number of Topliss-reactive ketones (excluding diaryl/α,β-unsaturated/α-hetero) is 1. The highest BCUT2D eigenvalue weighted by atomic mass is 35.5. The van der Waals surface area contributed by atoms with Gasteiger partial charge in [0.25, 0.3) is 0 Å². The fourth-order valence-corrected chi connectivity index (χ4v) is 3.08. The van der Waals surface area contributed by atoms with Crippen LogP contribution >= 0.6 is 22.9 Å². The van der Waals surface area contributed by atoms with E-state index in [0.29, 0.717) is 17.9 Å². The summed E-state index contributed by atoms with van der Waals surface area (Å²) in [5, 5.41) is 7.98. The fourth-order valence-electron chi connectivity index (χ4n) is 2.13. The van der Waals surface area contributed by atoms with Crippen LogP contribution in [-0.2, 0) is 30.6 Å². The van der Waals surface area contributed by atoms with Crippen molar-refractivity contribution in [3.8, 4) is 0 Å². The van der Waals surface area contributed by atoms with E-state index >= 15 is 0 Å². The first-order chi connectivity index (χ1) is 9.55. The van der Waals surface area contributed by atoms with Gasteiger partial charge in [-0.1, -0.05) is 18.5 Å².